The molecule has 0 saturated carbocycles. The van der Waals surface area contributed by atoms with Gasteiger partial charge in [-0.15, -0.1) is 0 Å². The van der Waals surface area contributed by atoms with E-state index in [2.05, 4.69) is 26.2 Å². The van der Waals surface area contributed by atoms with Gasteiger partial charge in [-0.3, -0.25) is 9.59 Å². The molecule has 0 fully saturated rings. The van der Waals surface area contributed by atoms with Crippen LogP contribution in [0.5, 0.6) is 0 Å². The zero-order valence-electron chi connectivity index (χ0n) is 8.92. The van der Waals surface area contributed by atoms with Gasteiger partial charge in [-0.05, 0) is 28.4 Å². The summed E-state index contributed by atoms with van der Waals surface area (Å²) in [6.45, 7) is 1.94. The Balaban J connectivity index is 2.76. The molecule has 0 aliphatic heterocycles. The van der Waals surface area contributed by atoms with Gasteiger partial charge in [-0.1, -0.05) is 13.3 Å². The van der Waals surface area contributed by atoms with Crippen LogP contribution >= 0.6 is 15.9 Å². The fraction of sp³-hybridized carbons (Fsp3) is 0.400. The van der Waals surface area contributed by atoms with Crippen LogP contribution in [0, 0.1) is 0 Å². The van der Waals surface area contributed by atoms with E-state index in [1.807, 2.05) is 6.92 Å². The van der Waals surface area contributed by atoms with Gasteiger partial charge in [0.05, 0.1) is 6.04 Å². The highest BCUT2D eigenvalue weighted by atomic mass is 79.9. The van der Waals surface area contributed by atoms with Crippen LogP contribution in [-0.2, 0) is 4.79 Å². The molecule has 1 aromatic heterocycles. The molecule has 0 aliphatic carbocycles. The number of nitrogens with one attached hydrogen (secondary N) is 2. The Bertz CT molecular complexity index is 430. The van der Waals surface area contributed by atoms with Gasteiger partial charge in [-0.2, -0.15) is 0 Å². The Morgan fingerprint density at radius 3 is 3.00 bits per heavy atom. The van der Waals surface area contributed by atoms with Crippen LogP contribution in [0.15, 0.2) is 21.5 Å². The van der Waals surface area contributed by atoms with Crippen LogP contribution in [0.25, 0.3) is 0 Å². The Morgan fingerprint density at radius 1 is 1.69 bits per heavy atom. The first-order valence-corrected chi connectivity index (χ1v) is 5.78. The normalized spacial score (nSPS) is 12.2. The first-order chi connectivity index (χ1) is 7.54. The van der Waals surface area contributed by atoms with Crippen molar-refractivity contribution in [2.45, 2.75) is 25.8 Å². The Labute approximate surface area is 102 Å². The molecule has 0 saturated heterocycles. The van der Waals surface area contributed by atoms with Gasteiger partial charge >= 0.3 is 0 Å². The Kier molecular flexibility index (Phi) is 4.70. The van der Waals surface area contributed by atoms with E-state index >= 15 is 0 Å². The van der Waals surface area contributed by atoms with Crippen LogP contribution in [0.3, 0.4) is 0 Å². The van der Waals surface area contributed by atoms with Gasteiger partial charge in [0, 0.05) is 10.7 Å². The molecule has 88 valence electrons. The molecule has 1 amide bonds. The molecule has 0 spiro atoms. The lowest BCUT2D eigenvalue weighted by Gasteiger charge is -2.10. The quantitative estimate of drug-likeness (QED) is 0.778. The van der Waals surface area contributed by atoms with Gasteiger partial charge in [0.2, 0.25) is 5.91 Å². The number of hydrogen-bond donors (Lipinski definition) is 3. The summed E-state index contributed by atoms with van der Waals surface area (Å²) in [5.41, 5.74) is 5.48. The largest absolute Gasteiger partial charge is 0.326 e. The minimum Gasteiger partial charge on any atom is -0.326 e. The first-order valence-electron chi connectivity index (χ1n) is 4.99. The fourth-order valence-corrected chi connectivity index (χ4v) is 1.56. The van der Waals surface area contributed by atoms with Crippen molar-refractivity contribution >= 4 is 27.5 Å². The topological polar surface area (TPSA) is 88.0 Å². The number of pyridine rings is 1. The molecule has 1 heterocycles. The number of aromatic amines is 1. The zero-order chi connectivity index (χ0) is 12.1. The van der Waals surface area contributed by atoms with Crippen molar-refractivity contribution in [3.05, 3.63) is 27.1 Å². The summed E-state index contributed by atoms with van der Waals surface area (Å²) in [6.07, 6.45) is 2.92. The molecule has 4 N–H and O–H groups in total. The molecule has 6 heteroatoms. The maximum atomic E-state index is 11.6. The molecule has 0 bridgehead atoms. The van der Waals surface area contributed by atoms with Gasteiger partial charge in [0.25, 0.3) is 5.56 Å². The number of anilines is 1. The predicted molar refractivity (Wildman–Crippen MR) is 66.3 cm³/mol. The minimum absolute atomic E-state index is 0.200. The third kappa shape index (κ3) is 3.46. The molecular weight excluding hydrogens is 274 g/mol. The lowest BCUT2D eigenvalue weighted by atomic mass is 10.1. The Morgan fingerprint density at radius 2 is 2.38 bits per heavy atom. The van der Waals surface area contributed by atoms with E-state index in [1.165, 1.54) is 12.3 Å². The predicted octanol–water partition coefficient (Wildman–Crippen LogP) is 1.20. The molecule has 1 atom stereocenters. The number of amides is 1. The number of rotatable bonds is 4. The summed E-state index contributed by atoms with van der Waals surface area (Å²) in [5, 5.41) is 2.50. The fourth-order valence-electron chi connectivity index (χ4n) is 1.22. The standard InChI is InChI=1S/C10H14BrN3O2/c1-2-3-7(12)9(15)14-8-4-6(11)5-13-10(8)16/h4-5,7H,2-3,12H2,1H3,(H,13,16)(H,14,15). The lowest BCUT2D eigenvalue weighted by molar-refractivity contribution is -0.117. The SMILES string of the molecule is CCCC(N)C(=O)Nc1cc(Br)c[nH]c1=O. The first kappa shape index (κ1) is 12.9. The van der Waals surface area contributed by atoms with Crippen LogP contribution < -0.4 is 16.6 Å². The highest BCUT2D eigenvalue weighted by molar-refractivity contribution is 9.10. The van der Waals surface area contributed by atoms with E-state index in [4.69, 9.17) is 5.73 Å². The minimum atomic E-state index is -0.580. The van der Waals surface area contributed by atoms with E-state index in [0.717, 1.165) is 6.42 Å². The van der Waals surface area contributed by atoms with E-state index in [0.29, 0.717) is 10.9 Å². The summed E-state index contributed by atoms with van der Waals surface area (Å²) in [5.74, 6) is -0.342. The van der Waals surface area contributed by atoms with E-state index in [9.17, 15) is 9.59 Å². The zero-order valence-corrected chi connectivity index (χ0v) is 10.5. The molecule has 0 aliphatic rings. The van der Waals surface area contributed by atoms with Crippen molar-refractivity contribution < 1.29 is 4.79 Å². The van der Waals surface area contributed by atoms with Crippen molar-refractivity contribution in [1.29, 1.82) is 0 Å². The molecule has 0 aromatic carbocycles. The maximum absolute atomic E-state index is 11.6. The highest BCUT2D eigenvalue weighted by Gasteiger charge is 2.13. The monoisotopic (exact) mass is 287 g/mol. The van der Waals surface area contributed by atoms with Gasteiger partial charge in [0.15, 0.2) is 0 Å². The highest BCUT2D eigenvalue weighted by Crippen LogP contribution is 2.10. The van der Waals surface area contributed by atoms with Crippen molar-refractivity contribution in [2.24, 2.45) is 5.73 Å². The second-order valence-corrected chi connectivity index (χ2v) is 4.36. The number of hydrogen-bond acceptors (Lipinski definition) is 3. The smallest absolute Gasteiger partial charge is 0.271 e. The molecule has 0 radical (unpaired) electrons. The van der Waals surface area contributed by atoms with Crippen LogP contribution in [-0.4, -0.2) is 16.9 Å². The number of carbonyl (C=O) groups is 1. The summed E-state index contributed by atoms with van der Waals surface area (Å²) < 4.78 is 0.687. The van der Waals surface area contributed by atoms with E-state index in [-0.39, 0.29) is 17.2 Å². The molecule has 1 aromatic rings. The van der Waals surface area contributed by atoms with Crippen LogP contribution in [0.2, 0.25) is 0 Å². The van der Waals surface area contributed by atoms with Gasteiger partial charge in [0.1, 0.15) is 5.69 Å². The Hall–Kier alpha value is -1.14. The molecular formula is C10H14BrN3O2. The third-order valence-electron chi connectivity index (χ3n) is 2.06. The third-order valence-corrected chi connectivity index (χ3v) is 2.52. The number of halogens is 1. The summed E-state index contributed by atoms with van der Waals surface area (Å²) in [6, 6.07) is 0.957. The molecule has 5 nitrogen and oxygen atoms in total. The molecule has 16 heavy (non-hydrogen) atoms. The van der Waals surface area contributed by atoms with Crippen molar-refractivity contribution in [2.75, 3.05) is 5.32 Å². The number of nitrogens with two attached hydrogens (primary N) is 1. The van der Waals surface area contributed by atoms with E-state index in [1.54, 1.807) is 0 Å². The molecule has 1 rings (SSSR count). The summed E-state index contributed by atoms with van der Waals surface area (Å²) in [4.78, 5) is 25.4. The second-order valence-electron chi connectivity index (χ2n) is 3.45. The van der Waals surface area contributed by atoms with Gasteiger partial charge in [-0.25, -0.2) is 0 Å². The summed E-state index contributed by atoms with van der Waals surface area (Å²) in [7, 11) is 0. The van der Waals surface area contributed by atoms with Crippen LogP contribution in [0.1, 0.15) is 19.8 Å². The number of H-pyrrole nitrogens is 1. The van der Waals surface area contributed by atoms with Crippen molar-refractivity contribution in [1.82, 2.24) is 4.98 Å². The lowest BCUT2D eigenvalue weighted by Crippen LogP contribution is -2.36. The average molecular weight is 288 g/mol. The molecule has 1 unspecified atom stereocenters. The average Bonchev–Trinajstić information content (AvgIpc) is 2.23. The van der Waals surface area contributed by atoms with Crippen LogP contribution in [0.4, 0.5) is 5.69 Å². The van der Waals surface area contributed by atoms with Gasteiger partial charge < -0.3 is 16.0 Å². The second kappa shape index (κ2) is 5.81. The van der Waals surface area contributed by atoms with E-state index < -0.39 is 6.04 Å². The maximum Gasteiger partial charge on any atom is 0.271 e. The van der Waals surface area contributed by atoms with Crippen molar-refractivity contribution in [3.8, 4) is 0 Å². The summed E-state index contributed by atoms with van der Waals surface area (Å²) >= 11 is 3.20. The number of aromatic nitrogens is 1. The number of carbonyl (C=O) groups excluding carboxylic acids is 1. The van der Waals surface area contributed by atoms with Crippen molar-refractivity contribution in [3.63, 3.8) is 0 Å².